The third-order valence-electron chi connectivity index (χ3n) is 3.99. The average Bonchev–Trinajstić information content (AvgIpc) is 3.08. The van der Waals surface area contributed by atoms with Crippen LogP contribution in [0.1, 0.15) is 15.2 Å². The van der Waals surface area contributed by atoms with Crippen LogP contribution >= 0.6 is 11.3 Å². The Morgan fingerprint density at radius 2 is 1.78 bits per heavy atom. The number of thiophene rings is 1. The van der Waals surface area contributed by atoms with E-state index in [1.165, 1.54) is 7.11 Å². The van der Waals surface area contributed by atoms with Crippen molar-refractivity contribution >= 4 is 39.9 Å². The van der Waals surface area contributed by atoms with E-state index in [4.69, 9.17) is 4.74 Å². The molecule has 1 heterocycles. The first kappa shape index (κ1) is 19.1. The van der Waals surface area contributed by atoms with Gasteiger partial charge in [0.15, 0.2) is 0 Å². The van der Waals surface area contributed by atoms with Crippen molar-refractivity contribution in [3.05, 3.63) is 65.0 Å². The number of anilines is 2. The Balaban J connectivity index is 2.22. The number of hydrogen-bond donors (Lipinski definition) is 2. The second-order valence-corrected chi connectivity index (χ2v) is 7.52. The minimum absolute atomic E-state index is 0.0263. The molecule has 0 saturated carbocycles. The number of benzene rings is 2. The van der Waals surface area contributed by atoms with Gasteiger partial charge in [-0.2, -0.15) is 0 Å². The Kier molecular flexibility index (Phi) is 5.59. The Bertz CT molecular complexity index is 1010. The van der Waals surface area contributed by atoms with E-state index in [1.54, 1.807) is 37.3 Å². The summed E-state index contributed by atoms with van der Waals surface area (Å²) in [5.41, 5.74) is 2.09. The van der Waals surface area contributed by atoms with Crippen LogP contribution < -0.4 is 9.04 Å². The van der Waals surface area contributed by atoms with E-state index < -0.39 is 17.2 Å². The number of aryl methyl sites for hydroxylation is 1. The minimum atomic E-state index is -2.45. The summed E-state index contributed by atoms with van der Waals surface area (Å²) in [4.78, 5) is 12.4. The van der Waals surface area contributed by atoms with Gasteiger partial charge in [-0.05, 0) is 36.8 Å². The quantitative estimate of drug-likeness (QED) is 0.582. The number of nitrogens with zero attached hydrogens (tertiary/aromatic N) is 1. The molecule has 1 aromatic heterocycles. The van der Waals surface area contributed by atoms with E-state index >= 15 is 0 Å². The number of rotatable bonds is 6. The summed E-state index contributed by atoms with van der Waals surface area (Å²) < 4.78 is 28.5. The molecule has 0 saturated heterocycles. The third-order valence-corrected chi connectivity index (χ3v) is 5.84. The molecule has 6 nitrogen and oxygen atoms in total. The maximum atomic E-state index is 12.1. The van der Waals surface area contributed by atoms with Crippen molar-refractivity contribution in [2.45, 2.75) is 6.92 Å². The fourth-order valence-corrected chi connectivity index (χ4v) is 4.51. The van der Waals surface area contributed by atoms with Crippen molar-refractivity contribution in [1.82, 2.24) is 0 Å². The van der Waals surface area contributed by atoms with E-state index in [2.05, 4.69) is 0 Å². The van der Waals surface area contributed by atoms with Crippen LogP contribution in [0.2, 0.25) is 0 Å². The highest BCUT2D eigenvalue weighted by molar-refractivity contribution is 7.81. The second-order valence-electron chi connectivity index (χ2n) is 5.64. The minimum Gasteiger partial charge on any atom is -0.496 e. The highest BCUT2D eigenvalue weighted by Crippen LogP contribution is 2.43. The summed E-state index contributed by atoms with van der Waals surface area (Å²) in [7, 11) is 1.54. The average molecular weight is 403 g/mol. The molecule has 0 fully saturated rings. The normalized spacial score (nSPS) is 11.8. The van der Waals surface area contributed by atoms with E-state index in [0.717, 1.165) is 21.2 Å². The SMILES string of the molecule is COc1ccccc1-c1cc(N(c2ccccc2C)S(=O)O)c(C(=O)O)s1. The molecule has 1 unspecified atom stereocenters. The highest BCUT2D eigenvalue weighted by atomic mass is 32.2. The first-order chi connectivity index (χ1) is 12.9. The molecule has 0 amide bonds. The van der Waals surface area contributed by atoms with E-state index in [-0.39, 0.29) is 10.6 Å². The summed E-state index contributed by atoms with van der Waals surface area (Å²) in [6.07, 6.45) is 0. The van der Waals surface area contributed by atoms with Crippen molar-refractivity contribution in [2.75, 3.05) is 11.4 Å². The zero-order chi connectivity index (χ0) is 19.6. The van der Waals surface area contributed by atoms with Crippen LogP contribution in [-0.4, -0.2) is 26.9 Å². The summed E-state index contributed by atoms with van der Waals surface area (Å²) in [5, 5.41) is 9.67. The lowest BCUT2D eigenvalue weighted by atomic mass is 10.1. The molecule has 0 aliphatic carbocycles. The smallest absolute Gasteiger partial charge is 0.348 e. The molecule has 1 atom stereocenters. The van der Waals surface area contributed by atoms with Gasteiger partial charge in [0, 0.05) is 10.4 Å². The lowest BCUT2D eigenvalue weighted by molar-refractivity contribution is 0.0703. The molecule has 2 N–H and O–H groups in total. The molecule has 3 aromatic rings. The van der Waals surface area contributed by atoms with Crippen LogP contribution in [0, 0.1) is 6.92 Å². The van der Waals surface area contributed by atoms with Gasteiger partial charge in [0.2, 0.25) is 0 Å². The van der Waals surface area contributed by atoms with Gasteiger partial charge >= 0.3 is 5.97 Å². The van der Waals surface area contributed by atoms with E-state index in [0.29, 0.717) is 21.9 Å². The molecule has 0 aliphatic rings. The second kappa shape index (κ2) is 7.91. The number of carbonyl (C=O) groups is 1. The summed E-state index contributed by atoms with van der Waals surface area (Å²) in [5.74, 6) is -0.574. The highest BCUT2D eigenvalue weighted by Gasteiger charge is 2.27. The van der Waals surface area contributed by atoms with Crippen LogP contribution in [0.4, 0.5) is 11.4 Å². The van der Waals surface area contributed by atoms with Gasteiger partial charge in [-0.3, -0.25) is 4.55 Å². The lowest BCUT2D eigenvalue weighted by Gasteiger charge is -2.21. The standard InChI is InChI=1S/C19H17NO5S2/c1-12-7-3-5-9-14(12)20(27(23)24)15-11-17(26-18(15)19(21)22)13-8-4-6-10-16(13)25-2/h3-11H,1-2H3,(H,21,22)(H,23,24). The fraction of sp³-hybridized carbons (Fsp3) is 0.105. The molecule has 2 aromatic carbocycles. The topological polar surface area (TPSA) is 87.1 Å². The van der Waals surface area contributed by atoms with Crippen molar-refractivity contribution in [3.8, 4) is 16.2 Å². The Morgan fingerprint density at radius 3 is 2.41 bits per heavy atom. The first-order valence-corrected chi connectivity index (χ1v) is 9.79. The van der Waals surface area contributed by atoms with Gasteiger partial charge in [0.1, 0.15) is 10.6 Å². The van der Waals surface area contributed by atoms with Gasteiger partial charge in [0.25, 0.3) is 11.3 Å². The molecule has 8 heteroatoms. The maximum absolute atomic E-state index is 12.1. The number of carboxylic acid groups (broad SMARTS) is 1. The van der Waals surface area contributed by atoms with Crippen molar-refractivity contribution in [2.24, 2.45) is 0 Å². The summed E-state index contributed by atoms with van der Waals surface area (Å²) in [6, 6.07) is 15.8. The largest absolute Gasteiger partial charge is 0.496 e. The van der Waals surface area contributed by atoms with Crippen molar-refractivity contribution in [3.63, 3.8) is 0 Å². The van der Waals surface area contributed by atoms with Crippen molar-refractivity contribution in [1.29, 1.82) is 0 Å². The molecular weight excluding hydrogens is 386 g/mol. The lowest BCUT2D eigenvalue weighted by Crippen LogP contribution is -2.21. The van der Waals surface area contributed by atoms with Gasteiger partial charge in [0.05, 0.1) is 18.5 Å². The predicted molar refractivity (Wildman–Crippen MR) is 107 cm³/mol. The zero-order valence-corrected chi connectivity index (χ0v) is 16.2. The fourth-order valence-electron chi connectivity index (χ4n) is 2.76. The molecule has 27 heavy (non-hydrogen) atoms. The number of aromatic carboxylic acids is 1. The Labute approximate surface area is 163 Å². The Morgan fingerprint density at radius 1 is 1.11 bits per heavy atom. The van der Waals surface area contributed by atoms with Crippen LogP contribution in [0.5, 0.6) is 5.75 Å². The molecule has 0 spiro atoms. The monoisotopic (exact) mass is 403 g/mol. The van der Waals surface area contributed by atoms with E-state index in [1.807, 2.05) is 24.3 Å². The van der Waals surface area contributed by atoms with Crippen LogP contribution in [0.3, 0.4) is 0 Å². The number of hydrogen-bond acceptors (Lipinski definition) is 4. The molecular formula is C19H17NO5S2. The van der Waals surface area contributed by atoms with Gasteiger partial charge in [-0.25, -0.2) is 13.3 Å². The zero-order valence-electron chi connectivity index (χ0n) is 14.6. The number of ether oxygens (including phenoxy) is 1. The van der Waals surface area contributed by atoms with Crippen molar-refractivity contribution < 1.29 is 23.4 Å². The van der Waals surface area contributed by atoms with Gasteiger partial charge < -0.3 is 9.84 Å². The van der Waals surface area contributed by atoms with E-state index in [9.17, 15) is 18.7 Å². The van der Waals surface area contributed by atoms with Crippen LogP contribution in [0.15, 0.2) is 54.6 Å². The summed E-state index contributed by atoms with van der Waals surface area (Å²) >= 11 is -1.42. The summed E-state index contributed by atoms with van der Waals surface area (Å²) in [6.45, 7) is 1.79. The predicted octanol–water partition coefficient (Wildman–Crippen LogP) is 4.71. The first-order valence-electron chi connectivity index (χ1n) is 7.91. The molecule has 0 radical (unpaired) electrons. The van der Waals surface area contributed by atoms with Crippen LogP contribution in [-0.2, 0) is 11.3 Å². The molecule has 0 bridgehead atoms. The maximum Gasteiger partial charge on any atom is 0.348 e. The van der Waals surface area contributed by atoms with Crippen LogP contribution in [0.25, 0.3) is 10.4 Å². The molecule has 3 rings (SSSR count). The molecule has 0 aliphatic heterocycles. The molecule has 140 valence electrons. The third kappa shape index (κ3) is 3.73. The number of carboxylic acids is 1. The number of para-hydroxylation sites is 2. The Hall–Kier alpha value is -2.68. The van der Waals surface area contributed by atoms with Gasteiger partial charge in [-0.15, -0.1) is 11.3 Å². The number of methoxy groups -OCH3 is 1. The van der Waals surface area contributed by atoms with Gasteiger partial charge in [-0.1, -0.05) is 30.3 Å².